The van der Waals surface area contributed by atoms with E-state index in [4.69, 9.17) is 0 Å². The summed E-state index contributed by atoms with van der Waals surface area (Å²) in [6.07, 6.45) is 10.5. The predicted octanol–water partition coefficient (Wildman–Crippen LogP) is 2.70. The van der Waals surface area contributed by atoms with Crippen molar-refractivity contribution in [1.29, 1.82) is 0 Å². The summed E-state index contributed by atoms with van der Waals surface area (Å²) in [5.74, 6) is 3.09. The van der Waals surface area contributed by atoms with E-state index in [1.54, 1.807) is 6.33 Å². The molecule has 0 bridgehead atoms. The highest BCUT2D eigenvalue weighted by molar-refractivity contribution is 4.88. The van der Waals surface area contributed by atoms with Gasteiger partial charge in [0.2, 0.25) is 0 Å². The lowest BCUT2D eigenvalue weighted by molar-refractivity contribution is 0.288. The van der Waals surface area contributed by atoms with Gasteiger partial charge in [-0.25, -0.2) is 9.67 Å². The van der Waals surface area contributed by atoms with Gasteiger partial charge in [0.25, 0.3) is 0 Å². The molecule has 0 radical (unpaired) electrons. The van der Waals surface area contributed by atoms with Crippen LogP contribution in [0.1, 0.15) is 51.3 Å². The van der Waals surface area contributed by atoms with E-state index in [0.717, 1.165) is 30.7 Å². The van der Waals surface area contributed by atoms with Crippen LogP contribution in [-0.2, 0) is 13.1 Å². The van der Waals surface area contributed by atoms with Gasteiger partial charge in [-0.05, 0) is 38.1 Å². The third-order valence-corrected chi connectivity index (χ3v) is 4.87. The van der Waals surface area contributed by atoms with Crippen LogP contribution in [0.25, 0.3) is 0 Å². The van der Waals surface area contributed by atoms with Crippen molar-refractivity contribution < 1.29 is 0 Å². The molecule has 1 aliphatic heterocycles. The molecule has 106 valence electrons. The maximum atomic E-state index is 4.39. The Morgan fingerprint density at radius 2 is 2.05 bits per heavy atom. The first-order chi connectivity index (χ1) is 9.35. The van der Waals surface area contributed by atoms with E-state index in [0.29, 0.717) is 0 Å². The van der Waals surface area contributed by atoms with Crippen molar-refractivity contribution in [1.82, 2.24) is 19.7 Å². The minimum atomic E-state index is 0.925. The van der Waals surface area contributed by atoms with Crippen molar-refractivity contribution in [2.24, 2.45) is 11.8 Å². The van der Waals surface area contributed by atoms with Crippen LogP contribution in [0.3, 0.4) is 0 Å². The average molecular weight is 262 g/mol. The highest BCUT2D eigenvalue weighted by atomic mass is 15.3. The zero-order valence-electron chi connectivity index (χ0n) is 12.1. The largest absolute Gasteiger partial charge is 0.296 e. The second-order valence-electron chi connectivity index (χ2n) is 6.27. The Hall–Kier alpha value is -0.900. The Bertz CT molecular complexity index is 395. The van der Waals surface area contributed by atoms with E-state index in [9.17, 15) is 0 Å². The van der Waals surface area contributed by atoms with Crippen LogP contribution in [0.2, 0.25) is 0 Å². The van der Waals surface area contributed by atoms with Gasteiger partial charge >= 0.3 is 0 Å². The van der Waals surface area contributed by atoms with Gasteiger partial charge in [-0.2, -0.15) is 5.10 Å². The highest BCUT2D eigenvalue weighted by Crippen LogP contribution is 2.33. The SMILES string of the molecule is CCn1ncnc1CN1CC[C@@H](CC2CCCC2)C1. The molecule has 1 saturated carbocycles. The lowest BCUT2D eigenvalue weighted by Gasteiger charge is -2.17. The third kappa shape index (κ3) is 3.16. The van der Waals surface area contributed by atoms with Gasteiger partial charge in [0.15, 0.2) is 0 Å². The zero-order chi connectivity index (χ0) is 13.1. The third-order valence-electron chi connectivity index (χ3n) is 4.87. The van der Waals surface area contributed by atoms with Gasteiger partial charge in [0.1, 0.15) is 12.2 Å². The van der Waals surface area contributed by atoms with Crippen LogP contribution in [0.4, 0.5) is 0 Å². The molecule has 0 spiro atoms. The van der Waals surface area contributed by atoms with Crippen LogP contribution < -0.4 is 0 Å². The summed E-state index contributed by atoms with van der Waals surface area (Å²) in [6.45, 7) is 6.55. The second kappa shape index (κ2) is 6.04. The van der Waals surface area contributed by atoms with E-state index in [2.05, 4.69) is 21.9 Å². The number of rotatable bonds is 5. The highest BCUT2D eigenvalue weighted by Gasteiger charge is 2.27. The summed E-state index contributed by atoms with van der Waals surface area (Å²) < 4.78 is 2.02. The number of aromatic nitrogens is 3. The molecule has 0 unspecified atom stereocenters. The number of aryl methyl sites for hydroxylation is 1. The van der Waals surface area contributed by atoms with Gasteiger partial charge in [0, 0.05) is 13.1 Å². The number of nitrogens with zero attached hydrogens (tertiary/aromatic N) is 4. The molecule has 1 aliphatic carbocycles. The van der Waals surface area contributed by atoms with Crippen LogP contribution in [0, 0.1) is 11.8 Å². The minimum absolute atomic E-state index is 0.925. The molecule has 2 heterocycles. The minimum Gasteiger partial charge on any atom is -0.296 e. The van der Waals surface area contributed by atoms with Crippen molar-refractivity contribution in [3.8, 4) is 0 Å². The first-order valence-corrected chi connectivity index (χ1v) is 7.94. The Morgan fingerprint density at radius 3 is 2.84 bits per heavy atom. The molecule has 2 aliphatic rings. The summed E-state index contributed by atoms with van der Waals surface area (Å²) >= 11 is 0. The molecule has 1 saturated heterocycles. The van der Waals surface area contributed by atoms with Gasteiger partial charge in [-0.3, -0.25) is 4.90 Å². The summed E-state index contributed by atoms with van der Waals surface area (Å²) in [5, 5.41) is 4.26. The summed E-state index contributed by atoms with van der Waals surface area (Å²) in [7, 11) is 0. The lowest BCUT2D eigenvalue weighted by Crippen LogP contribution is -2.23. The van der Waals surface area contributed by atoms with E-state index in [1.165, 1.54) is 51.6 Å². The van der Waals surface area contributed by atoms with E-state index < -0.39 is 0 Å². The van der Waals surface area contributed by atoms with Gasteiger partial charge < -0.3 is 0 Å². The average Bonchev–Trinajstić information content (AvgIpc) is 3.13. The predicted molar refractivity (Wildman–Crippen MR) is 75.7 cm³/mol. The molecule has 19 heavy (non-hydrogen) atoms. The van der Waals surface area contributed by atoms with E-state index in [-0.39, 0.29) is 0 Å². The fourth-order valence-electron chi connectivity index (χ4n) is 3.84. The molecule has 1 aromatic rings. The van der Waals surface area contributed by atoms with Crippen LogP contribution in [0.5, 0.6) is 0 Å². The first-order valence-electron chi connectivity index (χ1n) is 7.94. The fourth-order valence-corrected chi connectivity index (χ4v) is 3.84. The van der Waals surface area contributed by atoms with Crippen molar-refractivity contribution >= 4 is 0 Å². The zero-order valence-corrected chi connectivity index (χ0v) is 12.1. The van der Waals surface area contributed by atoms with Crippen molar-refractivity contribution in [3.05, 3.63) is 12.2 Å². The number of hydrogen-bond acceptors (Lipinski definition) is 3. The standard InChI is InChI=1S/C15H26N4/c1-2-19-15(16-12-17-19)11-18-8-7-14(10-18)9-13-5-3-4-6-13/h12-14H,2-11H2,1H3/t14-/m0/s1. The molecule has 0 amide bonds. The van der Waals surface area contributed by atoms with E-state index in [1.807, 2.05) is 4.68 Å². The summed E-state index contributed by atoms with van der Waals surface area (Å²) in [4.78, 5) is 6.95. The maximum Gasteiger partial charge on any atom is 0.140 e. The van der Waals surface area contributed by atoms with Crippen LogP contribution in [-0.4, -0.2) is 32.8 Å². The topological polar surface area (TPSA) is 34.0 Å². The Kier molecular flexibility index (Phi) is 4.16. The van der Waals surface area contributed by atoms with Crippen molar-refractivity contribution in [3.63, 3.8) is 0 Å². The van der Waals surface area contributed by atoms with Crippen molar-refractivity contribution in [2.75, 3.05) is 13.1 Å². The maximum absolute atomic E-state index is 4.39. The molecule has 3 rings (SSSR count). The van der Waals surface area contributed by atoms with Gasteiger partial charge in [0.05, 0.1) is 6.54 Å². The molecule has 1 aromatic heterocycles. The number of likely N-dealkylation sites (tertiary alicyclic amines) is 1. The van der Waals surface area contributed by atoms with Gasteiger partial charge in [-0.15, -0.1) is 0 Å². The molecule has 1 atom stereocenters. The van der Waals surface area contributed by atoms with Gasteiger partial charge in [-0.1, -0.05) is 25.7 Å². The quantitative estimate of drug-likeness (QED) is 0.818. The second-order valence-corrected chi connectivity index (χ2v) is 6.27. The molecule has 0 aromatic carbocycles. The fraction of sp³-hybridized carbons (Fsp3) is 0.867. The van der Waals surface area contributed by atoms with Crippen LogP contribution >= 0.6 is 0 Å². The molecule has 0 N–H and O–H groups in total. The molecular weight excluding hydrogens is 236 g/mol. The molecule has 4 heteroatoms. The summed E-state index contributed by atoms with van der Waals surface area (Å²) in [6, 6.07) is 0. The Labute approximate surface area is 116 Å². The normalized spacial score (nSPS) is 25.4. The Balaban J connectivity index is 1.48. The monoisotopic (exact) mass is 262 g/mol. The molecule has 2 fully saturated rings. The Morgan fingerprint density at radius 1 is 1.21 bits per heavy atom. The van der Waals surface area contributed by atoms with Crippen molar-refractivity contribution in [2.45, 2.75) is 58.5 Å². The van der Waals surface area contributed by atoms with Crippen LogP contribution in [0.15, 0.2) is 6.33 Å². The first kappa shape index (κ1) is 13.1. The summed E-state index contributed by atoms with van der Waals surface area (Å²) in [5.41, 5.74) is 0. The molecule has 4 nitrogen and oxygen atoms in total. The smallest absolute Gasteiger partial charge is 0.140 e. The van der Waals surface area contributed by atoms with E-state index >= 15 is 0 Å². The number of hydrogen-bond donors (Lipinski definition) is 0. The lowest BCUT2D eigenvalue weighted by atomic mass is 9.93. The molecular formula is C15H26N4.